The van der Waals surface area contributed by atoms with Crippen LogP contribution in [0.25, 0.3) is 11.1 Å². The van der Waals surface area contributed by atoms with Gasteiger partial charge in [0.25, 0.3) is 0 Å². The highest BCUT2D eigenvalue weighted by Crippen LogP contribution is 2.20. The number of rotatable bonds is 1. The van der Waals surface area contributed by atoms with Gasteiger partial charge in [-0.25, -0.2) is 4.39 Å². The van der Waals surface area contributed by atoms with Gasteiger partial charge < -0.3 is 0 Å². The summed E-state index contributed by atoms with van der Waals surface area (Å²) in [7, 11) is 0. The number of benzene rings is 1. The minimum Gasteiger partial charge on any atom is -0.262 e. The van der Waals surface area contributed by atoms with Crippen LogP contribution in [0.4, 0.5) is 4.39 Å². The van der Waals surface area contributed by atoms with Crippen LogP contribution in [-0.4, -0.2) is 4.98 Å². The van der Waals surface area contributed by atoms with Gasteiger partial charge in [-0.2, -0.15) is 0 Å². The number of aromatic nitrogens is 1. The van der Waals surface area contributed by atoms with Gasteiger partial charge in [0.15, 0.2) is 0 Å². The number of hydrogen-bond acceptors (Lipinski definition) is 1. The van der Waals surface area contributed by atoms with E-state index in [1.54, 1.807) is 12.3 Å². The van der Waals surface area contributed by atoms with Crippen LogP contribution >= 0.6 is 0 Å². The first kappa shape index (κ1) is 7.92. The summed E-state index contributed by atoms with van der Waals surface area (Å²) >= 11 is 0. The van der Waals surface area contributed by atoms with Crippen LogP contribution in [0.2, 0.25) is 0 Å². The fraction of sp³-hybridized carbons (Fsp3) is 0. The summed E-state index contributed by atoms with van der Waals surface area (Å²) in [6, 6.07) is 11.1. The third kappa shape index (κ3) is 1.56. The molecule has 0 saturated carbocycles. The van der Waals surface area contributed by atoms with E-state index in [-0.39, 0.29) is 5.82 Å². The first-order valence-corrected chi connectivity index (χ1v) is 4.03. The largest absolute Gasteiger partial charge is 0.262 e. The molecule has 1 aromatic heterocycles. The second-order valence-electron chi connectivity index (χ2n) is 2.72. The van der Waals surface area contributed by atoms with Gasteiger partial charge in [-0.05, 0) is 11.6 Å². The van der Waals surface area contributed by atoms with E-state index in [1.165, 1.54) is 6.20 Å². The molecule has 0 aliphatic rings. The van der Waals surface area contributed by atoms with Crippen LogP contribution in [0.3, 0.4) is 0 Å². The highest BCUT2D eigenvalue weighted by atomic mass is 19.1. The molecule has 2 rings (SSSR count). The molecule has 0 bridgehead atoms. The Morgan fingerprint density at radius 1 is 1.00 bits per heavy atom. The molecule has 0 fully saturated rings. The van der Waals surface area contributed by atoms with Crippen molar-refractivity contribution in [2.24, 2.45) is 0 Å². The first-order chi connectivity index (χ1) is 6.38. The van der Waals surface area contributed by atoms with E-state index in [9.17, 15) is 4.39 Å². The molecule has 2 aromatic rings. The van der Waals surface area contributed by atoms with E-state index in [0.717, 1.165) is 5.56 Å². The van der Waals surface area contributed by atoms with Crippen molar-refractivity contribution in [1.82, 2.24) is 4.98 Å². The summed E-state index contributed by atoms with van der Waals surface area (Å²) in [5.74, 6) is -0.284. The summed E-state index contributed by atoms with van der Waals surface area (Å²) in [6.45, 7) is 0. The minimum atomic E-state index is -0.284. The summed E-state index contributed by atoms with van der Waals surface area (Å²) in [6.07, 6.45) is 2.81. The van der Waals surface area contributed by atoms with Crippen LogP contribution in [0.5, 0.6) is 0 Å². The molecule has 0 unspecified atom stereocenters. The second kappa shape index (κ2) is 3.35. The van der Waals surface area contributed by atoms with Gasteiger partial charge in [0.1, 0.15) is 5.82 Å². The average Bonchev–Trinajstić information content (AvgIpc) is 2.20. The SMILES string of the molecule is Fc1cnccc1-c1ccccc1. The van der Waals surface area contributed by atoms with Gasteiger partial charge in [-0.15, -0.1) is 0 Å². The van der Waals surface area contributed by atoms with Gasteiger partial charge in [0.05, 0.1) is 6.20 Å². The molecule has 0 amide bonds. The lowest BCUT2D eigenvalue weighted by Gasteiger charge is -2.00. The van der Waals surface area contributed by atoms with Crippen molar-refractivity contribution in [3.63, 3.8) is 0 Å². The van der Waals surface area contributed by atoms with Crippen LogP contribution < -0.4 is 0 Å². The molecule has 0 spiro atoms. The van der Waals surface area contributed by atoms with E-state index in [0.29, 0.717) is 5.56 Å². The Morgan fingerprint density at radius 3 is 2.46 bits per heavy atom. The highest BCUT2D eigenvalue weighted by molar-refractivity contribution is 5.63. The maximum absolute atomic E-state index is 13.2. The molecule has 0 aliphatic carbocycles. The molecule has 1 aromatic carbocycles. The number of hydrogen-bond donors (Lipinski definition) is 0. The number of halogens is 1. The Hall–Kier alpha value is -1.70. The molecule has 0 aliphatic heterocycles. The molecular weight excluding hydrogens is 165 g/mol. The normalized spacial score (nSPS) is 9.92. The predicted molar refractivity (Wildman–Crippen MR) is 49.6 cm³/mol. The molecule has 64 valence electrons. The van der Waals surface area contributed by atoms with Crippen LogP contribution in [0.1, 0.15) is 0 Å². The molecule has 0 radical (unpaired) electrons. The zero-order valence-electron chi connectivity index (χ0n) is 6.94. The summed E-state index contributed by atoms with van der Waals surface area (Å²) in [5, 5.41) is 0. The summed E-state index contributed by atoms with van der Waals surface area (Å²) in [5.41, 5.74) is 1.47. The third-order valence-electron chi connectivity index (χ3n) is 1.86. The lowest BCUT2D eigenvalue weighted by molar-refractivity contribution is 0.625. The van der Waals surface area contributed by atoms with Crippen molar-refractivity contribution in [2.75, 3.05) is 0 Å². The van der Waals surface area contributed by atoms with Crippen molar-refractivity contribution in [3.8, 4) is 11.1 Å². The van der Waals surface area contributed by atoms with Crippen LogP contribution in [0, 0.1) is 5.82 Å². The summed E-state index contributed by atoms with van der Waals surface area (Å²) in [4.78, 5) is 3.70. The fourth-order valence-corrected chi connectivity index (χ4v) is 1.23. The molecule has 13 heavy (non-hydrogen) atoms. The minimum absolute atomic E-state index is 0.284. The molecule has 1 heterocycles. The van der Waals surface area contributed by atoms with Crippen LogP contribution in [-0.2, 0) is 0 Å². The molecular formula is C11H8FN. The predicted octanol–water partition coefficient (Wildman–Crippen LogP) is 2.89. The van der Waals surface area contributed by atoms with E-state index in [1.807, 2.05) is 30.3 Å². The quantitative estimate of drug-likeness (QED) is 0.646. The smallest absolute Gasteiger partial charge is 0.149 e. The molecule has 2 heteroatoms. The molecule has 1 nitrogen and oxygen atoms in total. The van der Waals surface area contributed by atoms with E-state index >= 15 is 0 Å². The zero-order valence-corrected chi connectivity index (χ0v) is 6.94. The van der Waals surface area contributed by atoms with Crippen molar-refractivity contribution < 1.29 is 4.39 Å². The summed E-state index contributed by atoms with van der Waals surface area (Å²) < 4.78 is 13.2. The Kier molecular flexibility index (Phi) is 2.04. The zero-order chi connectivity index (χ0) is 9.10. The molecule has 0 saturated heterocycles. The van der Waals surface area contributed by atoms with E-state index < -0.39 is 0 Å². The molecule has 0 atom stereocenters. The fourth-order valence-electron chi connectivity index (χ4n) is 1.23. The van der Waals surface area contributed by atoms with Gasteiger partial charge in [-0.1, -0.05) is 30.3 Å². The van der Waals surface area contributed by atoms with Crippen LogP contribution in [0.15, 0.2) is 48.8 Å². The van der Waals surface area contributed by atoms with Crippen molar-refractivity contribution in [3.05, 3.63) is 54.6 Å². The van der Waals surface area contributed by atoms with E-state index in [4.69, 9.17) is 0 Å². The highest BCUT2D eigenvalue weighted by Gasteiger charge is 2.01. The maximum Gasteiger partial charge on any atom is 0.149 e. The Balaban J connectivity index is 2.54. The van der Waals surface area contributed by atoms with Crippen molar-refractivity contribution in [2.45, 2.75) is 0 Å². The Labute approximate surface area is 75.9 Å². The first-order valence-electron chi connectivity index (χ1n) is 4.03. The van der Waals surface area contributed by atoms with Gasteiger partial charge in [0, 0.05) is 11.8 Å². The topological polar surface area (TPSA) is 12.9 Å². The van der Waals surface area contributed by atoms with Crippen molar-refractivity contribution >= 4 is 0 Å². The average molecular weight is 173 g/mol. The number of nitrogens with zero attached hydrogens (tertiary/aromatic N) is 1. The standard InChI is InChI=1S/C11H8FN/c12-11-8-13-7-6-10(11)9-4-2-1-3-5-9/h1-8H. The van der Waals surface area contributed by atoms with Gasteiger partial charge >= 0.3 is 0 Å². The second-order valence-corrected chi connectivity index (χ2v) is 2.72. The van der Waals surface area contributed by atoms with E-state index in [2.05, 4.69) is 4.98 Å². The van der Waals surface area contributed by atoms with Crippen molar-refractivity contribution in [1.29, 1.82) is 0 Å². The molecule has 0 N–H and O–H groups in total. The monoisotopic (exact) mass is 173 g/mol. The number of pyridine rings is 1. The maximum atomic E-state index is 13.2. The third-order valence-corrected chi connectivity index (χ3v) is 1.86. The van der Waals surface area contributed by atoms with Gasteiger partial charge in [-0.3, -0.25) is 4.98 Å². The van der Waals surface area contributed by atoms with Gasteiger partial charge in [0.2, 0.25) is 0 Å². The lowest BCUT2D eigenvalue weighted by Crippen LogP contribution is -1.84. The Morgan fingerprint density at radius 2 is 1.77 bits per heavy atom. The Bertz CT molecular complexity index is 398. The lowest BCUT2D eigenvalue weighted by atomic mass is 10.1.